The molecule has 2 rings (SSSR count). The second kappa shape index (κ2) is 6.22. The smallest absolute Gasteiger partial charge is 0.264 e. The van der Waals surface area contributed by atoms with E-state index >= 15 is 0 Å². The molecular weight excluding hydrogens is 272 g/mol. The highest BCUT2D eigenvalue weighted by molar-refractivity contribution is 7.92. The van der Waals surface area contributed by atoms with Gasteiger partial charge in [0.25, 0.3) is 10.0 Å². The summed E-state index contributed by atoms with van der Waals surface area (Å²) in [7, 11) is -3.64. The van der Waals surface area contributed by atoms with Crippen LogP contribution in [0.2, 0.25) is 0 Å². The second-order valence-corrected chi connectivity index (χ2v) is 6.00. The molecule has 0 amide bonds. The molecule has 0 aliphatic carbocycles. The largest absolute Gasteiger partial charge is 0.265 e. The predicted molar refractivity (Wildman–Crippen MR) is 77.6 cm³/mol. The molecule has 2 aromatic carbocycles. The van der Waals surface area contributed by atoms with Gasteiger partial charge in [-0.25, -0.2) is 8.42 Å². The normalized spacial score (nSPS) is 10.8. The number of hydrogen-bond donors (Lipinski definition) is 0. The van der Waals surface area contributed by atoms with Gasteiger partial charge in [-0.1, -0.05) is 36.4 Å². The number of rotatable bonds is 5. The molecule has 0 radical (unpaired) electrons. The zero-order valence-corrected chi connectivity index (χ0v) is 11.6. The highest BCUT2D eigenvalue weighted by Crippen LogP contribution is 2.23. The van der Waals surface area contributed by atoms with E-state index in [1.54, 1.807) is 54.6 Å². The second-order valence-electron chi connectivity index (χ2n) is 4.13. The van der Waals surface area contributed by atoms with Gasteiger partial charge in [-0.3, -0.25) is 4.31 Å². The number of para-hydroxylation sites is 1. The summed E-state index contributed by atoms with van der Waals surface area (Å²) in [5.41, 5.74) is 0.562. The van der Waals surface area contributed by atoms with E-state index in [0.29, 0.717) is 5.69 Å². The molecule has 0 heterocycles. The molecule has 0 unspecified atom stereocenters. The first-order chi connectivity index (χ1) is 9.66. The van der Waals surface area contributed by atoms with Crippen molar-refractivity contribution >= 4 is 15.7 Å². The van der Waals surface area contributed by atoms with E-state index in [9.17, 15) is 8.42 Å². The summed E-state index contributed by atoms with van der Waals surface area (Å²) < 4.78 is 26.6. The van der Waals surface area contributed by atoms with Gasteiger partial charge in [-0.15, -0.1) is 0 Å². The number of anilines is 1. The van der Waals surface area contributed by atoms with Crippen molar-refractivity contribution in [1.29, 1.82) is 5.26 Å². The van der Waals surface area contributed by atoms with Crippen molar-refractivity contribution in [2.45, 2.75) is 11.3 Å². The minimum Gasteiger partial charge on any atom is -0.265 e. The topological polar surface area (TPSA) is 61.2 Å². The van der Waals surface area contributed by atoms with Crippen molar-refractivity contribution in [3.63, 3.8) is 0 Å². The van der Waals surface area contributed by atoms with Crippen molar-refractivity contribution in [3.8, 4) is 6.07 Å². The van der Waals surface area contributed by atoms with Gasteiger partial charge in [0.2, 0.25) is 0 Å². The lowest BCUT2D eigenvalue weighted by molar-refractivity contribution is 0.591. The van der Waals surface area contributed by atoms with E-state index in [1.807, 2.05) is 12.1 Å². The molecule has 0 saturated carbocycles. The Labute approximate surface area is 118 Å². The maximum absolute atomic E-state index is 12.7. The Morgan fingerprint density at radius 3 is 2.05 bits per heavy atom. The van der Waals surface area contributed by atoms with Crippen LogP contribution in [0.4, 0.5) is 5.69 Å². The minimum atomic E-state index is -3.64. The van der Waals surface area contributed by atoms with Gasteiger partial charge in [0.05, 0.1) is 23.1 Å². The van der Waals surface area contributed by atoms with Crippen LogP contribution in [0, 0.1) is 11.3 Å². The molecule has 0 aliphatic rings. The Kier molecular flexibility index (Phi) is 4.38. The van der Waals surface area contributed by atoms with Crippen molar-refractivity contribution in [2.75, 3.05) is 10.8 Å². The third kappa shape index (κ3) is 2.98. The van der Waals surface area contributed by atoms with Gasteiger partial charge < -0.3 is 0 Å². The van der Waals surface area contributed by atoms with Crippen molar-refractivity contribution < 1.29 is 8.42 Å². The fraction of sp³-hybridized carbons (Fsp3) is 0.133. The van der Waals surface area contributed by atoms with Gasteiger partial charge >= 0.3 is 0 Å². The quantitative estimate of drug-likeness (QED) is 0.849. The van der Waals surface area contributed by atoms with Crippen molar-refractivity contribution in [2.24, 2.45) is 0 Å². The summed E-state index contributed by atoms with van der Waals surface area (Å²) in [4.78, 5) is 0.224. The van der Waals surface area contributed by atoms with E-state index in [4.69, 9.17) is 5.26 Å². The summed E-state index contributed by atoms with van der Waals surface area (Å²) >= 11 is 0. The highest BCUT2D eigenvalue weighted by Gasteiger charge is 2.24. The molecule has 0 saturated heterocycles. The van der Waals surface area contributed by atoms with Crippen molar-refractivity contribution in [1.82, 2.24) is 0 Å². The Hall–Kier alpha value is -2.32. The third-order valence-electron chi connectivity index (χ3n) is 2.80. The fourth-order valence-electron chi connectivity index (χ4n) is 1.85. The molecule has 20 heavy (non-hydrogen) atoms. The summed E-state index contributed by atoms with van der Waals surface area (Å²) in [6, 6.07) is 19.0. The monoisotopic (exact) mass is 286 g/mol. The molecule has 5 heteroatoms. The number of benzene rings is 2. The molecule has 0 aliphatic heterocycles. The van der Waals surface area contributed by atoms with Crippen LogP contribution in [0.5, 0.6) is 0 Å². The first-order valence-corrected chi connectivity index (χ1v) is 7.60. The van der Waals surface area contributed by atoms with Gasteiger partial charge in [0, 0.05) is 6.54 Å². The Morgan fingerprint density at radius 2 is 1.50 bits per heavy atom. The molecule has 0 fully saturated rings. The van der Waals surface area contributed by atoms with Crippen LogP contribution in [0.25, 0.3) is 0 Å². The van der Waals surface area contributed by atoms with E-state index < -0.39 is 10.0 Å². The number of nitriles is 1. The number of nitrogens with zero attached hydrogens (tertiary/aromatic N) is 2. The van der Waals surface area contributed by atoms with E-state index in [2.05, 4.69) is 0 Å². The summed E-state index contributed by atoms with van der Waals surface area (Å²) in [6.45, 7) is 0.137. The Morgan fingerprint density at radius 1 is 0.950 bits per heavy atom. The predicted octanol–water partition coefficient (Wildman–Crippen LogP) is 2.80. The van der Waals surface area contributed by atoms with Crippen LogP contribution in [-0.4, -0.2) is 15.0 Å². The first-order valence-electron chi connectivity index (χ1n) is 6.16. The molecule has 0 spiro atoms. The maximum Gasteiger partial charge on any atom is 0.264 e. The molecule has 4 nitrogen and oxygen atoms in total. The number of hydrogen-bond acceptors (Lipinski definition) is 3. The average molecular weight is 286 g/mol. The van der Waals surface area contributed by atoms with Crippen LogP contribution >= 0.6 is 0 Å². The molecule has 2 aromatic rings. The molecular formula is C15H14N2O2S. The van der Waals surface area contributed by atoms with Gasteiger partial charge in [-0.05, 0) is 24.3 Å². The number of sulfonamides is 1. The minimum absolute atomic E-state index is 0.137. The summed E-state index contributed by atoms with van der Waals surface area (Å²) in [6.07, 6.45) is 0.140. The standard InChI is InChI=1S/C15H14N2O2S/c16-12-7-13-17(14-8-3-1-4-9-14)20(18,19)15-10-5-2-6-11-15/h1-6,8-11H,7,13H2. The molecule has 0 bridgehead atoms. The summed E-state index contributed by atoms with van der Waals surface area (Å²) in [5.74, 6) is 0. The van der Waals surface area contributed by atoms with E-state index in [0.717, 1.165) is 0 Å². The summed E-state index contributed by atoms with van der Waals surface area (Å²) in [5, 5.41) is 8.73. The van der Waals surface area contributed by atoms with Gasteiger partial charge in [0.15, 0.2) is 0 Å². The van der Waals surface area contributed by atoms with Crippen LogP contribution in [-0.2, 0) is 10.0 Å². The van der Waals surface area contributed by atoms with E-state index in [1.165, 1.54) is 4.31 Å². The van der Waals surface area contributed by atoms with E-state index in [-0.39, 0.29) is 17.9 Å². The molecule has 0 atom stereocenters. The SMILES string of the molecule is N#CCCN(c1ccccc1)S(=O)(=O)c1ccccc1. The van der Waals surface area contributed by atoms with Crippen molar-refractivity contribution in [3.05, 3.63) is 60.7 Å². The van der Waals surface area contributed by atoms with Crippen LogP contribution in [0.1, 0.15) is 6.42 Å². The van der Waals surface area contributed by atoms with Gasteiger partial charge in [-0.2, -0.15) is 5.26 Å². The van der Waals surface area contributed by atoms with Crippen LogP contribution in [0.3, 0.4) is 0 Å². The molecule has 0 N–H and O–H groups in total. The Balaban J connectivity index is 2.44. The highest BCUT2D eigenvalue weighted by atomic mass is 32.2. The lowest BCUT2D eigenvalue weighted by Gasteiger charge is -2.23. The zero-order chi connectivity index (χ0) is 14.4. The zero-order valence-electron chi connectivity index (χ0n) is 10.8. The lowest BCUT2D eigenvalue weighted by atomic mass is 10.3. The average Bonchev–Trinajstić information content (AvgIpc) is 2.49. The van der Waals surface area contributed by atoms with Crippen LogP contribution in [0.15, 0.2) is 65.6 Å². The first kappa shape index (κ1) is 14.1. The Bertz CT molecular complexity index is 692. The van der Waals surface area contributed by atoms with Crippen LogP contribution < -0.4 is 4.31 Å². The maximum atomic E-state index is 12.7. The fourth-order valence-corrected chi connectivity index (χ4v) is 3.34. The molecule has 0 aromatic heterocycles. The molecule has 102 valence electrons. The lowest BCUT2D eigenvalue weighted by Crippen LogP contribution is -2.31. The third-order valence-corrected chi connectivity index (χ3v) is 4.64. The van der Waals surface area contributed by atoms with Gasteiger partial charge in [0.1, 0.15) is 0 Å².